The zero-order valence-corrected chi connectivity index (χ0v) is 18.3. The highest BCUT2D eigenvalue weighted by Gasteiger charge is 2.39. The van der Waals surface area contributed by atoms with Gasteiger partial charge in [0.1, 0.15) is 11.9 Å². The van der Waals surface area contributed by atoms with Crippen LogP contribution in [0.5, 0.6) is 5.75 Å². The highest BCUT2D eigenvalue weighted by Crippen LogP contribution is 2.36. The maximum atomic E-state index is 6.39. The van der Waals surface area contributed by atoms with Gasteiger partial charge in [0.2, 0.25) is 0 Å². The van der Waals surface area contributed by atoms with Gasteiger partial charge >= 0.3 is 0 Å². The summed E-state index contributed by atoms with van der Waals surface area (Å²) in [4.78, 5) is 2.56. The molecule has 2 heterocycles. The van der Waals surface area contributed by atoms with Crippen LogP contribution in [0.2, 0.25) is 0 Å². The number of benzene rings is 3. The Morgan fingerprint density at radius 3 is 2.19 bits per heavy atom. The van der Waals surface area contributed by atoms with Crippen LogP contribution < -0.4 is 10.1 Å². The third-order valence-electron chi connectivity index (χ3n) is 6.98. The van der Waals surface area contributed by atoms with Crippen LogP contribution in [0, 0.1) is 0 Å². The van der Waals surface area contributed by atoms with Crippen LogP contribution in [0.15, 0.2) is 78.9 Å². The van der Waals surface area contributed by atoms with Gasteiger partial charge in [0.05, 0.1) is 0 Å². The first-order valence-corrected chi connectivity index (χ1v) is 11.6. The second kappa shape index (κ2) is 9.25. The van der Waals surface area contributed by atoms with Gasteiger partial charge in [-0.15, -0.1) is 0 Å². The van der Waals surface area contributed by atoms with Crippen LogP contribution in [-0.2, 0) is 13.1 Å². The highest BCUT2D eigenvalue weighted by molar-refractivity contribution is 5.63. The molecule has 3 aromatic carbocycles. The van der Waals surface area contributed by atoms with Crippen LogP contribution in [-0.4, -0.2) is 30.1 Å². The van der Waals surface area contributed by atoms with Gasteiger partial charge in [-0.3, -0.25) is 0 Å². The fraction of sp³-hybridized carbons (Fsp3) is 0.357. The minimum atomic E-state index is 0.361. The Bertz CT molecular complexity index is 971. The molecule has 2 aliphatic rings. The maximum Gasteiger partial charge on any atom is 0.120 e. The Morgan fingerprint density at radius 1 is 0.774 bits per heavy atom. The maximum absolute atomic E-state index is 6.39. The summed E-state index contributed by atoms with van der Waals surface area (Å²) in [5, 5.41) is 3.58. The molecule has 31 heavy (non-hydrogen) atoms. The molecule has 0 aromatic heterocycles. The van der Waals surface area contributed by atoms with E-state index >= 15 is 0 Å². The number of piperidine rings is 1. The van der Waals surface area contributed by atoms with Crippen molar-refractivity contribution in [1.29, 1.82) is 0 Å². The lowest BCUT2D eigenvalue weighted by Gasteiger charge is -2.36. The monoisotopic (exact) mass is 412 g/mol. The van der Waals surface area contributed by atoms with Crippen molar-refractivity contribution in [3.63, 3.8) is 0 Å². The van der Waals surface area contributed by atoms with Crippen molar-refractivity contribution in [1.82, 2.24) is 10.2 Å². The number of nitrogens with one attached hydrogen (secondary N) is 1. The van der Waals surface area contributed by atoms with Crippen molar-refractivity contribution < 1.29 is 4.74 Å². The predicted molar refractivity (Wildman–Crippen MR) is 127 cm³/mol. The van der Waals surface area contributed by atoms with Crippen molar-refractivity contribution >= 4 is 0 Å². The molecule has 3 heteroatoms. The average Bonchev–Trinajstić information content (AvgIpc) is 3.01. The lowest BCUT2D eigenvalue weighted by atomic mass is 10.0. The van der Waals surface area contributed by atoms with Crippen LogP contribution >= 0.6 is 0 Å². The van der Waals surface area contributed by atoms with E-state index in [1.54, 1.807) is 0 Å². The second-order valence-electron chi connectivity index (χ2n) is 9.08. The molecule has 1 unspecified atom stereocenters. The summed E-state index contributed by atoms with van der Waals surface area (Å²) >= 11 is 0. The number of hydrogen-bond donors (Lipinski definition) is 1. The Kier molecular flexibility index (Phi) is 6.06. The first-order valence-electron chi connectivity index (χ1n) is 11.6. The second-order valence-corrected chi connectivity index (χ2v) is 9.08. The smallest absolute Gasteiger partial charge is 0.120 e. The van der Waals surface area contributed by atoms with Gasteiger partial charge in [-0.2, -0.15) is 0 Å². The average molecular weight is 413 g/mol. The Hall–Kier alpha value is -2.62. The van der Waals surface area contributed by atoms with Gasteiger partial charge < -0.3 is 15.0 Å². The lowest BCUT2D eigenvalue weighted by molar-refractivity contribution is 0.0661. The number of ether oxygens (including phenoxy) is 1. The molecule has 0 aliphatic carbocycles. The van der Waals surface area contributed by atoms with Crippen LogP contribution in [0.1, 0.15) is 36.8 Å². The van der Waals surface area contributed by atoms with Crippen LogP contribution in [0.25, 0.3) is 11.1 Å². The molecule has 5 rings (SSSR count). The van der Waals surface area contributed by atoms with Crippen molar-refractivity contribution in [2.24, 2.45) is 0 Å². The zero-order valence-electron chi connectivity index (χ0n) is 18.3. The van der Waals surface area contributed by atoms with Crippen LogP contribution in [0.4, 0.5) is 0 Å². The number of nitrogens with zero attached hydrogens (tertiary/aromatic N) is 1. The molecule has 160 valence electrons. The van der Waals surface area contributed by atoms with Gasteiger partial charge in [-0.05, 0) is 67.1 Å². The topological polar surface area (TPSA) is 24.5 Å². The van der Waals surface area contributed by atoms with Crippen molar-refractivity contribution in [3.05, 3.63) is 90.0 Å². The third-order valence-corrected chi connectivity index (χ3v) is 6.98. The largest absolute Gasteiger partial charge is 0.490 e. The van der Waals surface area contributed by atoms with E-state index in [0.717, 1.165) is 31.7 Å². The molecule has 0 saturated carbocycles. The summed E-state index contributed by atoms with van der Waals surface area (Å²) in [6, 6.07) is 29.4. The normalized spacial score (nSPS) is 23.1. The van der Waals surface area contributed by atoms with Crippen molar-refractivity contribution in [2.45, 2.75) is 57.0 Å². The number of hydrogen-bond acceptors (Lipinski definition) is 3. The van der Waals surface area contributed by atoms with Gasteiger partial charge in [-0.25, -0.2) is 0 Å². The SMILES string of the molecule is CN1[C@@H]2CC[C@H]1CC(Oc1cccc(CNCc3ccc(-c4ccccc4)cc3)c1)C2. The lowest BCUT2D eigenvalue weighted by Crippen LogP contribution is -2.43. The number of fused-ring (bicyclic) bond motifs is 2. The zero-order chi connectivity index (χ0) is 21.0. The van der Waals surface area contributed by atoms with E-state index in [1.807, 2.05) is 0 Å². The summed E-state index contributed by atoms with van der Waals surface area (Å²) in [5.74, 6) is 1.01. The molecular weight excluding hydrogens is 380 g/mol. The molecule has 2 bridgehead atoms. The first kappa shape index (κ1) is 20.3. The molecule has 1 N–H and O–H groups in total. The summed E-state index contributed by atoms with van der Waals surface area (Å²) in [5.41, 5.74) is 5.09. The first-order chi connectivity index (χ1) is 15.2. The molecule has 2 saturated heterocycles. The standard InChI is InChI=1S/C28H32N2O/c1-30-25-14-15-26(30)18-28(17-25)31-27-9-5-6-22(16-27)20-29-19-21-10-12-24(13-11-21)23-7-3-2-4-8-23/h2-13,16,25-26,28-29H,14-15,17-20H2,1H3/t25-,26+,28?. The highest BCUT2D eigenvalue weighted by atomic mass is 16.5. The molecule has 0 spiro atoms. The molecule has 2 aliphatic heterocycles. The van der Waals surface area contributed by atoms with Crippen LogP contribution in [0.3, 0.4) is 0 Å². The Labute approximate surface area is 186 Å². The Morgan fingerprint density at radius 2 is 1.45 bits per heavy atom. The van der Waals surface area contributed by atoms with E-state index < -0.39 is 0 Å². The van der Waals surface area contributed by atoms with Gasteiger partial charge in [0, 0.05) is 25.2 Å². The van der Waals surface area contributed by atoms with Crippen molar-refractivity contribution in [2.75, 3.05) is 7.05 Å². The quantitative estimate of drug-likeness (QED) is 0.543. The summed E-state index contributed by atoms with van der Waals surface area (Å²) in [6.07, 6.45) is 5.34. The summed E-state index contributed by atoms with van der Waals surface area (Å²) in [6.45, 7) is 1.70. The van der Waals surface area contributed by atoms with E-state index in [4.69, 9.17) is 4.74 Å². The van der Waals surface area contributed by atoms with Gasteiger partial charge in [0.15, 0.2) is 0 Å². The molecule has 3 aromatic rings. The predicted octanol–water partition coefficient (Wildman–Crippen LogP) is 5.65. The Balaban J connectivity index is 1.13. The molecule has 0 radical (unpaired) electrons. The fourth-order valence-electron chi connectivity index (χ4n) is 5.18. The number of rotatable bonds is 7. The minimum absolute atomic E-state index is 0.361. The molecule has 3 atom stereocenters. The fourth-order valence-corrected chi connectivity index (χ4v) is 5.18. The van der Waals surface area contributed by atoms with E-state index in [-0.39, 0.29) is 0 Å². The molecule has 0 amide bonds. The van der Waals surface area contributed by atoms with E-state index in [2.05, 4.69) is 96.1 Å². The van der Waals surface area contributed by atoms with Gasteiger partial charge in [0.25, 0.3) is 0 Å². The summed E-state index contributed by atoms with van der Waals surface area (Å²) < 4.78 is 6.39. The van der Waals surface area contributed by atoms with E-state index in [9.17, 15) is 0 Å². The molecule has 3 nitrogen and oxygen atoms in total. The van der Waals surface area contributed by atoms with Crippen molar-refractivity contribution in [3.8, 4) is 16.9 Å². The summed E-state index contributed by atoms with van der Waals surface area (Å²) in [7, 11) is 2.28. The molecular formula is C28H32N2O. The van der Waals surface area contributed by atoms with E-state index in [1.165, 1.54) is 35.1 Å². The third kappa shape index (κ3) is 4.84. The molecule has 2 fully saturated rings. The van der Waals surface area contributed by atoms with Gasteiger partial charge in [-0.1, -0.05) is 66.7 Å². The van der Waals surface area contributed by atoms with E-state index in [0.29, 0.717) is 18.2 Å². The minimum Gasteiger partial charge on any atom is -0.490 e.